The number of carbonyl (C=O) groups is 1. The van der Waals surface area contributed by atoms with E-state index in [1.54, 1.807) is 7.11 Å². The zero-order valence-corrected chi connectivity index (χ0v) is 17.3. The zero-order valence-electron chi connectivity index (χ0n) is 17.3. The molecule has 6 nitrogen and oxygen atoms in total. The van der Waals surface area contributed by atoms with Gasteiger partial charge in [0.1, 0.15) is 5.75 Å². The molecule has 1 fully saturated rings. The lowest BCUT2D eigenvalue weighted by molar-refractivity contribution is -0.121. The lowest BCUT2D eigenvalue weighted by Gasteiger charge is -2.34. The van der Waals surface area contributed by atoms with Gasteiger partial charge in [-0.2, -0.15) is 5.10 Å². The van der Waals surface area contributed by atoms with Gasteiger partial charge in [0.05, 0.1) is 19.0 Å². The van der Waals surface area contributed by atoms with E-state index in [1.165, 1.54) is 5.69 Å². The zero-order chi connectivity index (χ0) is 20.8. The molecule has 1 aliphatic rings. The summed E-state index contributed by atoms with van der Waals surface area (Å²) in [4.78, 5) is 14.8. The Balaban J connectivity index is 1.21. The molecule has 2 heterocycles. The van der Waals surface area contributed by atoms with E-state index in [1.807, 2.05) is 59.5 Å². The summed E-state index contributed by atoms with van der Waals surface area (Å²) in [6.07, 6.45) is 6.94. The van der Waals surface area contributed by atoms with Crippen LogP contribution in [-0.2, 0) is 11.2 Å². The van der Waals surface area contributed by atoms with Gasteiger partial charge in [-0.3, -0.25) is 4.79 Å². The van der Waals surface area contributed by atoms with E-state index >= 15 is 0 Å². The van der Waals surface area contributed by atoms with Crippen LogP contribution in [0.5, 0.6) is 5.75 Å². The molecule has 0 bridgehead atoms. The number of carbonyl (C=O) groups excluding carboxylic acids is 1. The fourth-order valence-corrected chi connectivity index (χ4v) is 3.84. The highest BCUT2D eigenvalue weighted by Crippen LogP contribution is 2.23. The first-order chi connectivity index (χ1) is 14.7. The number of amides is 1. The van der Waals surface area contributed by atoms with E-state index in [0.717, 1.165) is 42.9 Å². The third-order valence-corrected chi connectivity index (χ3v) is 5.60. The van der Waals surface area contributed by atoms with E-state index in [0.29, 0.717) is 12.8 Å². The molecule has 0 unspecified atom stereocenters. The van der Waals surface area contributed by atoms with Crippen LogP contribution < -0.4 is 15.0 Å². The summed E-state index contributed by atoms with van der Waals surface area (Å²) in [6, 6.07) is 18.4. The molecular weight excluding hydrogens is 376 g/mol. The highest BCUT2D eigenvalue weighted by Gasteiger charge is 2.21. The molecule has 0 saturated carbocycles. The lowest BCUT2D eigenvalue weighted by atomic mass is 10.0. The second kappa shape index (κ2) is 9.48. The Hall–Kier alpha value is -3.28. The number of nitrogens with zero attached hydrogens (tertiary/aromatic N) is 3. The summed E-state index contributed by atoms with van der Waals surface area (Å²) in [5, 5.41) is 7.60. The summed E-state index contributed by atoms with van der Waals surface area (Å²) in [6.45, 7) is 1.89. The van der Waals surface area contributed by atoms with Crippen molar-refractivity contribution < 1.29 is 9.53 Å². The van der Waals surface area contributed by atoms with Crippen LogP contribution in [0.25, 0.3) is 5.69 Å². The van der Waals surface area contributed by atoms with E-state index in [4.69, 9.17) is 4.74 Å². The Morgan fingerprint density at radius 2 is 1.80 bits per heavy atom. The molecule has 0 spiro atoms. The number of methoxy groups -OCH3 is 1. The van der Waals surface area contributed by atoms with E-state index in [-0.39, 0.29) is 11.9 Å². The quantitative estimate of drug-likeness (QED) is 0.654. The van der Waals surface area contributed by atoms with Gasteiger partial charge in [-0.15, -0.1) is 0 Å². The number of nitrogens with one attached hydrogen (secondary N) is 1. The Morgan fingerprint density at radius 1 is 1.07 bits per heavy atom. The predicted molar refractivity (Wildman–Crippen MR) is 118 cm³/mol. The molecule has 1 aromatic heterocycles. The molecule has 4 rings (SSSR count). The molecule has 2 aromatic carbocycles. The number of piperidine rings is 1. The van der Waals surface area contributed by atoms with Gasteiger partial charge < -0.3 is 15.0 Å². The van der Waals surface area contributed by atoms with E-state index in [9.17, 15) is 4.79 Å². The lowest BCUT2D eigenvalue weighted by Crippen LogP contribution is -2.44. The van der Waals surface area contributed by atoms with E-state index in [2.05, 4.69) is 27.4 Å². The van der Waals surface area contributed by atoms with Gasteiger partial charge in [-0.05, 0) is 61.2 Å². The first-order valence-corrected chi connectivity index (χ1v) is 10.5. The van der Waals surface area contributed by atoms with Gasteiger partial charge in [0.2, 0.25) is 5.91 Å². The molecule has 1 N–H and O–H groups in total. The van der Waals surface area contributed by atoms with Gasteiger partial charge in [-0.1, -0.05) is 18.2 Å². The number of aromatic nitrogens is 2. The molecule has 6 heteroatoms. The van der Waals surface area contributed by atoms with Crippen molar-refractivity contribution in [1.82, 2.24) is 15.1 Å². The van der Waals surface area contributed by atoms with Gasteiger partial charge in [-0.25, -0.2) is 4.68 Å². The third-order valence-electron chi connectivity index (χ3n) is 5.60. The average molecular weight is 405 g/mol. The van der Waals surface area contributed by atoms with Gasteiger partial charge in [0.25, 0.3) is 0 Å². The second-order valence-electron chi connectivity index (χ2n) is 7.66. The van der Waals surface area contributed by atoms with Gasteiger partial charge >= 0.3 is 0 Å². The maximum atomic E-state index is 12.4. The van der Waals surface area contributed by atoms with Crippen molar-refractivity contribution in [2.45, 2.75) is 31.7 Å². The minimum Gasteiger partial charge on any atom is -0.497 e. The first kappa shape index (κ1) is 20.0. The van der Waals surface area contributed by atoms with Crippen molar-refractivity contribution in [2.24, 2.45) is 0 Å². The summed E-state index contributed by atoms with van der Waals surface area (Å²) in [7, 11) is 1.68. The second-order valence-corrected chi connectivity index (χ2v) is 7.66. The average Bonchev–Trinajstić information content (AvgIpc) is 3.28. The van der Waals surface area contributed by atoms with E-state index < -0.39 is 0 Å². The Bertz CT molecular complexity index is 945. The first-order valence-electron chi connectivity index (χ1n) is 10.5. The van der Waals surface area contributed by atoms with Crippen molar-refractivity contribution in [3.63, 3.8) is 0 Å². The highest BCUT2D eigenvalue weighted by molar-refractivity contribution is 5.76. The Labute approximate surface area is 177 Å². The maximum Gasteiger partial charge on any atom is 0.220 e. The van der Waals surface area contributed by atoms with Crippen LogP contribution in [0.1, 0.15) is 24.8 Å². The third kappa shape index (κ3) is 5.00. The van der Waals surface area contributed by atoms with Gasteiger partial charge in [0.15, 0.2) is 0 Å². The number of anilines is 1. The van der Waals surface area contributed by atoms with Crippen LogP contribution in [0.4, 0.5) is 5.69 Å². The summed E-state index contributed by atoms with van der Waals surface area (Å²) in [5.74, 6) is 0.987. The molecule has 3 aromatic rings. The molecule has 1 aliphatic heterocycles. The maximum absolute atomic E-state index is 12.4. The van der Waals surface area contributed by atoms with Crippen LogP contribution in [0.15, 0.2) is 67.0 Å². The standard InChI is InChI=1S/C24H28N4O2/c1-30-23-10-8-21(9-11-23)27-15-13-20(14-16-27)26-24(29)12-7-19-17-25-28(18-19)22-5-3-2-4-6-22/h2-6,8-11,17-18,20H,7,12-16H2,1H3,(H,26,29). The number of aryl methyl sites for hydroxylation is 1. The summed E-state index contributed by atoms with van der Waals surface area (Å²) < 4.78 is 7.07. The SMILES string of the molecule is COc1ccc(N2CCC(NC(=O)CCc3cnn(-c4ccccc4)c3)CC2)cc1. The van der Waals surface area contributed by atoms with Crippen LogP contribution in [0, 0.1) is 0 Å². The monoisotopic (exact) mass is 404 g/mol. The molecule has 0 radical (unpaired) electrons. The van der Waals surface area contributed by atoms with Crippen molar-refractivity contribution in [1.29, 1.82) is 0 Å². The minimum atomic E-state index is 0.116. The fraction of sp³-hybridized carbons (Fsp3) is 0.333. The molecule has 30 heavy (non-hydrogen) atoms. The predicted octanol–water partition coefficient (Wildman–Crippen LogP) is 3.60. The Morgan fingerprint density at radius 3 is 2.50 bits per heavy atom. The van der Waals surface area contributed by atoms with Crippen LogP contribution in [0.3, 0.4) is 0 Å². The van der Waals surface area contributed by atoms with Crippen LogP contribution in [-0.4, -0.2) is 41.9 Å². The number of hydrogen-bond donors (Lipinski definition) is 1. The van der Waals surface area contributed by atoms with Crippen molar-refractivity contribution in [2.75, 3.05) is 25.1 Å². The molecule has 0 atom stereocenters. The summed E-state index contributed by atoms with van der Waals surface area (Å²) in [5.41, 5.74) is 3.30. The number of rotatable bonds is 7. The topological polar surface area (TPSA) is 59.4 Å². The molecule has 1 saturated heterocycles. The van der Waals surface area contributed by atoms with Crippen molar-refractivity contribution >= 4 is 11.6 Å². The smallest absolute Gasteiger partial charge is 0.220 e. The number of para-hydroxylation sites is 1. The minimum absolute atomic E-state index is 0.116. The van der Waals surface area contributed by atoms with Gasteiger partial charge in [0, 0.05) is 37.4 Å². The van der Waals surface area contributed by atoms with Crippen LogP contribution >= 0.6 is 0 Å². The molecule has 1 amide bonds. The molecule has 156 valence electrons. The highest BCUT2D eigenvalue weighted by atomic mass is 16.5. The van der Waals surface area contributed by atoms with Crippen molar-refractivity contribution in [3.8, 4) is 11.4 Å². The fourth-order valence-electron chi connectivity index (χ4n) is 3.84. The molecule has 0 aliphatic carbocycles. The number of hydrogen-bond acceptors (Lipinski definition) is 4. The normalized spacial score (nSPS) is 14.5. The number of benzene rings is 2. The molecular formula is C24H28N4O2. The van der Waals surface area contributed by atoms with Crippen molar-refractivity contribution in [3.05, 3.63) is 72.6 Å². The Kier molecular flexibility index (Phi) is 6.32. The summed E-state index contributed by atoms with van der Waals surface area (Å²) >= 11 is 0. The number of ether oxygens (including phenoxy) is 1. The largest absolute Gasteiger partial charge is 0.497 e. The van der Waals surface area contributed by atoms with Crippen LogP contribution in [0.2, 0.25) is 0 Å².